The normalized spacial score (nSPS) is 17.9. The third-order valence-electron chi connectivity index (χ3n) is 4.45. The number of aromatic nitrogens is 2. The zero-order valence-electron chi connectivity index (χ0n) is 11.8. The van der Waals surface area contributed by atoms with Crippen molar-refractivity contribution in [1.29, 1.82) is 0 Å². The molecule has 104 valence electrons. The molecule has 2 aromatic rings. The maximum atomic E-state index is 4.50. The molecule has 0 atom stereocenters. The van der Waals surface area contributed by atoms with Gasteiger partial charge in [0.1, 0.15) is 0 Å². The van der Waals surface area contributed by atoms with E-state index in [9.17, 15) is 0 Å². The molecule has 0 amide bonds. The fourth-order valence-electron chi connectivity index (χ4n) is 3.31. The molecule has 0 saturated carbocycles. The summed E-state index contributed by atoms with van der Waals surface area (Å²) in [5, 5.41) is 14.8. The van der Waals surface area contributed by atoms with Crippen molar-refractivity contribution < 1.29 is 0 Å². The maximum absolute atomic E-state index is 4.50. The molecular formula is C16H20N4. The first-order valence-corrected chi connectivity index (χ1v) is 7.45. The standard InChI is InChI=1S/C16H20N4/c1-10-2-3-11-9-14-15(13(11)8-10)19-20-16(14)18-12-4-6-17-7-5-12/h2-3,8,12,17H,4-7,9H2,1H3,(H2,18,19,20). The molecule has 0 unspecified atom stereocenters. The van der Waals surface area contributed by atoms with E-state index in [1.807, 2.05) is 0 Å². The van der Waals surface area contributed by atoms with Gasteiger partial charge in [0.25, 0.3) is 0 Å². The second kappa shape index (κ2) is 4.63. The average molecular weight is 268 g/mol. The van der Waals surface area contributed by atoms with Gasteiger partial charge in [0.2, 0.25) is 0 Å². The van der Waals surface area contributed by atoms with Crippen LogP contribution in [-0.2, 0) is 6.42 Å². The van der Waals surface area contributed by atoms with Crippen molar-refractivity contribution in [3.8, 4) is 11.3 Å². The van der Waals surface area contributed by atoms with Crippen molar-refractivity contribution in [3.05, 3.63) is 34.9 Å². The van der Waals surface area contributed by atoms with Crippen molar-refractivity contribution in [3.63, 3.8) is 0 Å². The number of nitrogens with one attached hydrogen (secondary N) is 3. The van der Waals surface area contributed by atoms with Crippen LogP contribution in [-0.4, -0.2) is 29.3 Å². The van der Waals surface area contributed by atoms with Gasteiger partial charge in [-0.3, -0.25) is 5.10 Å². The quantitative estimate of drug-likeness (QED) is 0.669. The number of piperidine rings is 1. The molecule has 2 heterocycles. The maximum Gasteiger partial charge on any atom is 0.152 e. The van der Waals surface area contributed by atoms with Crippen molar-refractivity contribution in [1.82, 2.24) is 15.5 Å². The lowest BCUT2D eigenvalue weighted by molar-refractivity contribution is 0.478. The molecular weight excluding hydrogens is 248 g/mol. The molecule has 3 N–H and O–H groups in total. The van der Waals surface area contributed by atoms with Gasteiger partial charge in [0.05, 0.1) is 5.69 Å². The Balaban J connectivity index is 1.63. The van der Waals surface area contributed by atoms with Gasteiger partial charge in [-0.1, -0.05) is 17.7 Å². The van der Waals surface area contributed by atoms with Gasteiger partial charge in [-0.2, -0.15) is 5.10 Å². The second-order valence-corrected chi connectivity index (χ2v) is 5.93. The number of benzene rings is 1. The lowest BCUT2D eigenvalue weighted by Gasteiger charge is -2.23. The smallest absolute Gasteiger partial charge is 0.152 e. The fraction of sp³-hybridized carbons (Fsp3) is 0.438. The zero-order chi connectivity index (χ0) is 13.5. The van der Waals surface area contributed by atoms with Gasteiger partial charge >= 0.3 is 0 Å². The molecule has 1 aromatic carbocycles. The van der Waals surface area contributed by atoms with Gasteiger partial charge in [-0.05, 0) is 44.5 Å². The van der Waals surface area contributed by atoms with E-state index in [0.29, 0.717) is 6.04 Å². The van der Waals surface area contributed by atoms with E-state index < -0.39 is 0 Å². The summed E-state index contributed by atoms with van der Waals surface area (Å²) in [6, 6.07) is 7.24. The van der Waals surface area contributed by atoms with Gasteiger partial charge in [0, 0.05) is 23.6 Å². The number of H-pyrrole nitrogens is 1. The highest BCUT2D eigenvalue weighted by atomic mass is 15.2. The molecule has 1 saturated heterocycles. The first-order valence-electron chi connectivity index (χ1n) is 7.45. The first-order chi connectivity index (χ1) is 9.81. The minimum Gasteiger partial charge on any atom is -0.366 e. The van der Waals surface area contributed by atoms with Crippen LogP contribution in [0.1, 0.15) is 29.5 Å². The highest BCUT2D eigenvalue weighted by molar-refractivity contribution is 5.78. The molecule has 1 fully saturated rings. The van der Waals surface area contributed by atoms with Crippen LogP contribution in [0.3, 0.4) is 0 Å². The monoisotopic (exact) mass is 268 g/mol. The first kappa shape index (κ1) is 12.0. The molecule has 0 bridgehead atoms. The van der Waals surface area contributed by atoms with E-state index in [0.717, 1.165) is 25.3 Å². The van der Waals surface area contributed by atoms with Crippen LogP contribution in [0.15, 0.2) is 18.2 Å². The Bertz CT molecular complexity index is 638. The van der Waals surface area contributed by atoms with Crippen molar-refractivity contribution >= 4 is 5.82 Å². The second-order valence-electron chi connectivity index (χ2n) is 5.93. The summed E-state index contributed by atoms with van der Waals surface area (Å²) >= 11 is 0. The lowest BCUT2D eigenvalue weighted by Crippen LogP contribution is -2.35. The van der Waals surface area contributed by atoms with Gasteiger partial charge in [-0.15, -0.1) is 0 Å². The number of aromatic amines is 1. The molecule has 4 nitrogen and oxygen atoms in total. The SMILES string of the molecule is Cc1ccc2c(c1)-c1[nH]nc(NC3CCNCC3)c1C2. The van der Waals surface area contributed by atoms with E-state index >= 15 is 0 Å². The van der Waals surface area contributed by atoms with E-state index in [4.69, 9.17) is 0 Å². The average Bonchev–Trinajstić information content (AvgIpc) is 3.00. The molecule has 4 rings (SSSR count). The number of hydrogen-bond donors (Lipinski definition) is 3. The Hall–Kier alpha value is -1.81. The Morgan fingerprint density at radius 3 is 2.95 bits per heavy atom. The number of aryl methyl sites for hydroxylation is 1. The largest absolute Gasteiger partial charge is 0.366 e. The van der Waals surface area contributed by atoms with Crippen molar-refractivity contribution in [2.45, 2.75) is 32.2 Å². The Morgan fingerprint density at radius 1 is 1.25 bits per heavy atom. The molecule has 20 heavy (non-hydrogen) atoms. The summed E-state index contributed by atoms with van der Waals surface area (Å²) < 4.78 is 0. The zero-order valence-corrected chi connectivity index (χ0v) is 11.8. The lowest BCUT2D eigenvalue weighted by atomic mass is 10.1. The van der Waals surface area contributed by atoms with E-state index in [1.165, 1.54) is 40.8 Å². The van der Waals surface area contributed by atoms with Crippen LogP contribution >= 0.6 is 0 Å². The number of hydrogen-bond acceptors (Lipinski definition) is 3. The predicted molar refractivity (Wildman–Crippen MR) is 81.1 cm³/mol. The molecule has 4 heteroatoms. The summed E-state index contributed by atoms with van der Waals surface area (Å²) in [6.45, 7) is 4.34. The third-order valence-corrected chi connectivity index (χ3v) is 4.45. The molecule has 2 aliphatic rings. The summed E-state index contributed by atoms with van der Waals surface area (Å²) in [7, 11) is 0. The van der Waals surface area contributed by atoms with Crippen molar-refractivity contribution in [2.75, 3.05) is 18.4 Å². The summed E-state index contributed by atoms with van der Waals surface area (Å²) in [5.74, 6) is 1.06. The molecule has 1 aliphatic heterocycles. The molecule has 0 radical (unpaired) electrons. The minimum absolute atomic E-state index is 0.550. The van der Waals surface area contributed by atoms with Crippen LogP contribution in [0.25, 0.3) is 11.3 Å². The van der Waals surface area contributed by atoms with Gasteiger partial charge < -0.3 is 10.6 Å². The number of rotatable bonds is 2. The minimum atomic E-state index is 0.550. The Kier molecular flexibility index (Phi) is 2.77. The van der Waals surface area contributed by atoms with Gasteiger partial charge in [-0.25, -0.2) is 0 Å². The van der Waals surface area contributed by atoms with Crippen LogP contribution in [0, 0.1) is 6.92 Å². The predicted octanol–water partition coefficient (Wildman–Crippen LogP) is 2.45. The van der Waals surface area contributed by atoms with E-state index in [-0.39, 0.29) is 0 Å². The topological polar surface area (TPSA) is 52.7 Å². The molecule has 1 aromatic heterocycles. The highest BCUT2D eigenvalue weighted by Gasteiger charge is 2.25. The number of nitrogens with zero attached hydrogens (tertiary/aromatic N) is 1. The summed E-state index contributed by atoms with van der Waals surface area (Å²) in [5.41, 5.74) is 6.59. The van der Waals surface area contributed by atoms with Crippen LogP contribution in [0.5, 0.6) is 0 Å². The Labute approximate surface area is 119 Å². The number of fused-ring (bicyclic) bond motifs is 3. The van der Waals surface area contributed by atoms with Crippen molar-refractivity contribution in [2.24, 2.45) is 0 Å². The van der Waals surface area contributed by atoms with Gasteiger partial charge in [0.15, 0.2) is 5.82 Å². The fourth-order valence-corrected chi connectivity index (χ4v) is 3.31. The number of anilines is 1. The van der Waals surface area contributed by atoms with Crippen LogP contribution < -0.4 is 10.6 Å². The van der Waals surface area contributed by atoms with Crippen LogP contribution in [0.4, 0.5) is 5.82 Å². The third kappa shape index (κ3) is 1.91. The van der Waals surface area contributed by atoms with E-state index in [1.54, 1.807) is 0 Å². The molecule has 0 spiro atoms. The Morgan fingerprint density at radius 2 is 2.10 bits per heavy atom. The van der Waals surface area contributed by atoms with Crippen LogP contribution in [0.2, 0.25) is 0 Å². The molecule has 1 aliphatic carbocycles. The highest BCUT2D eigenvalue weighted by Crippen LogP contribution is 2.39. The summed E-state index contributed by atoms with van der Waals surface area (Å²) in [4.78, 5) is 0. The van der Waals surface area contributed by atoms with E-state index in [2.05, 4.69) is 46.0 Å². The summed E-state index contributed by atoms with van der Waals surface area (Å²) in [6.07, 6.45) is 3.34.